The number of ether oxygens (including phenoxy) is 1. The summed E-state index contributed by atoms with van der Waals surface area (Å²) in [6.07, 6.45) is 1.75. The summed E-state index contributed by atoms with van der Waals surface area (Å²) in [5, 5.41) is 1.53. The molecule has 0 saturated carbocycles. The number of nitrogens with zero attached hydrogens (tertiary/aromatic N) is 1. The van der Waals surface area contributed by atoms with Crippen LogP contribution < -0.4 is 4.74 Å². The molecular formula is C22H18Cl3NO. The van der Waals surface area contributed by atoms with E-state index in [1.165, 1.54) is 5.56 Å². The zero-order valence-corrected chi connectivity index (χ0v) is 17.2. The standard InChI is InChI=1S/C22H18Cl3NO/c1-14-6-7-21(15(2)8-14)26-12-17-10-19(24)22(20(25)11-17)27-13-16-4-3-5-18(23)9-16/h3-12H,13H2,1-2H3. The van der Waals surface area contributed by atoms with Gasteiger partial charge in [0.05, 0.1) is 15.7 Å². The van der Waals surface area contributed by atoms with Gasteiger partial charge in [0, 0.05) is 11.2 Å². The van der Waals surface area contributed by atoms with Gasteiger partial charge < -0.3 is 4.74 Å². The lowest BCUT2D eigenvalue weighted by Gasteiger charge is -2.11. The highest BCUT2D eigenvalue weighted by Crippen LogP contribution is 2.34. The van der Waals surface area contributed by atoms with Crippen molar-refractivity contribution >= 4 is 46.7 Å². The zero-order chi connectivity index (χ0) is 19.4. The molecule has 0 N–H and O–H groups in total. The third-order valence-electron chi connectivity index (χ3n) is 4.00. The van der Waals surface area contributed by atoms with Crippen molar-refractivity contribution < 1.29 is 4.74 Å². The second-order valence-corrected chi connectivity index (χ2v) is 7.53. The van der Waals surface area contributed by atoms with Crippen LogP contribution in [0, 0.1) is 13.8 Å². The molecule has 3 aromatic carbocycles. The maximum absolute atomic E-state index is 6.37. The van der Waals surface area contributed by atoms with E-state index in [1.54, 1.807) is 18.3 Å². The predicted octanol–water partition coefficient (Wildman–Crippen LogP) is 7.59. The first-order valence-corrected chi connectivity index (χ1v) is 9.53. The normalized spacial score (nSPS) is 11.1. The number of aliphatic imine (C=N–C) groups is 1. The molecule has 0 saturated heterocycles. The van der Waals surface area contributed by atoms with Crippen LogP contribution in [0.2, 0.25) is 15.1 Å². The number of benzene rings is 3. The van der Waals surface area contributed by atoms with E-state index in [0.29, 0.717) is 27.4 Å². The fraction of sp³-hybridized carbons (Fsp3) is 0.136. The summed E-state index contributed by atoms with van der Waals surface area (Å²) in [5.41, 5.74) is 4.98. The van der Waals surface area contributed by atoms with Gasteiger partial charge in [0.15, 0.2) is 5.75 Å². The van der Waals surface area contributed by atoms with Crippen LogP contribution >= 0.6 is 34.8 Å². The van der Waals surface area contributed by atoms with Crippen LogP contribution in [0.5, 0.6) is 5.75 Å². The number of hydrogen-bond donors (Lipinski definition) is 0. The van der Waals surface area contributed by atoms with Crippen molar-refractivity contribution in [3.05, 3.63) is 91.9 Å². The molecule has 3 rings (SSSR count). The maximum atomic E-state index is 6.37. The van der Waals surface area contributed by atoms with E-state index in [-0.39, 0.29) is 0 Å². The van der Waals surface area contributed by atoms with E-state index in [2.05, 4.69) is 18.0 Å². The molecule has 0 fully saturated rings. The van der Waals surface area contributed by atoms with Crippen LogP contribution in [-0.2, 0) is 6.61 Å². The summed E-state index contributed by atoms with van der Waals surface area (Å²) in [6, 6.07) is 17.2. The number of halogens is 3. The Kier molecular flexibility index (Phi) is 6.43. The molecule has 0 aliphatic rings. The molecule has 27 heavy (non-hydrogen) atoms. The van der Waals surface area contributed by atoms with E-state index < -0.39 is 0 Å². The summed E-state index contributed by atoms with van der Waals surface area (Å²) in [6.45, 7) is 4.42. The maximum Gasteiger partial charge on any atom is 0.157 e. The van der Waals surface area contributed by atoms with Crippen molar-refractivity contribution in [1.82, 2.24) is 0 Å². The zero-order valence-electron chi connectivity index (χ0n) is 15.0. The fourth-order valence-electron chi connectivity index (χ4n) is 2.67. The highest BCUT2D eigenvalue weighted by Gasteiger charge is 2.10. The smallest absolute Gasteiger partial charge is 0.157 e. The Morgan fingerprint density at radius 1 is 0.926 bits per heavy atom. The molecule has 0 aliphatic heterocycles. The second-order valence-electron chi connectivity index (χ2n) is 6.28. The van der Waals surface area contributed by atoms with Gasteiger partial charge in [-0.05, 0) is 60.9 Å². The van der Waals surface area contributed by atoms with Crippen LogP contribution in [0.25, 0.3) is 0 Å². The highest BCUT2D eigenvalue weighted by atomic mass is 35.5. The summed E-state index contributed by atoms with van der Waals surface area (Å²) in [4.78, 5) is 4.53. The van der Waals surface area contributed by atoms with Crippen LogP contribution in [-0.4, -0.2) is 6.21 Å². The topological polar surface area (TPSA) is 21.6 Å². The van der Waals surface area contributed by atoms with Gasteiger partial charge in [-0.1, -0.05) is 64.6 Å². The van der Waals surface area contributed by atoms with Crippen molar-refractivity contribution in [3.63, 3.8) is 0 Å². The average Bonchev–Trinajstić information content (AvgIpc) is 2.60. The summed E-state index contributed by atoms with van der Waals surface area (Å²) >= 11 is 18.7. The Labute approximate surface area is 174 Å². The second kappa shape index (κ2) is 8.79. The molecule has 0 amide bonds. The Morgan fingerprint density at radius 3 is 2.33 bits per heavy atom. The minimum Gasteiger partial charge on any atom is -0.486 e. The van der Waals surface area contributed by atoms with Crippen molar-refractivity contribution in [2.45, 2.75) is 20.5 Å². The first-order valence-electron chi connectivity index (χ1n) is 8.40. The van der Waals surface area contributed by atoms with Gasteiger partial charge in [-0.3, -0.25) is 4.99 Å². The fourth-order valence-corrected chi connectivity index (χ4v) is 3.49. The molecule has 0 heterocycles. The molecule has 0 spiro atoms. The van der Waals surface area contributed by atoms with Crippen molar-refractivity contribution in [2.24, 2.45) is 4.99 Å². The van der Waals surface area contributed by atoms with Crippen LogP contribution in [0.15, 0.2) is 59.6 Å². The number of rotatable bonds is 5. The van der Waals surface area contributed by atoms with Crippen molar-refractivity contribution in [1.29, 1.82) is 0 Å². The Morgan fingerprint density at radius 2 is 1.67 bits per heavy atom. The third kappa shape index (κ3) is 5.26. The molecule has 0 bridgehead atoms. The first kappa shape index (κ1) is 19.8. The summed E-state index contributed by atoms with van der Waals surface area (Å²) in [7, 11) is 0. The van der Waals surface area contributed by atoms with Crippen molar-refractivity contribution in [2.75, 3.05) is 0 Å². The van der Waals surface area contributed by atoms with E-state index in [9.17, 15) is 0 Å². The molecule has 0 radical (unpaired) electrons. The lowest BCUT2D eigenvalue weighted by molar-refractivity contribution is 0.306. The van der Waals surface area contributed by atoms with Gasteiger partial charge >= 0.3 is 0 Å². The van der Waals surface area contributed by atoms with E-state index in [1.807, 2.05) is 43.3 Å². The molecule has 3 aromatic rings. The minimum absolute atomic E-state index is 0.329. The third-order valence-corrected chi connectivity index (χ3v) is 4.79. The Hall–Kier alpha value is -2.00. The molecule has 0 unspecified atom stereocenters. The van der Waals surface area contributed by atoms with Gasteiger partial charge in [0.25, 0.3) is 0 Å². The van der Waals surface area contributed by atoms with Crippen LogP contribution in [0.3, 0.4) is 0 Å². The van der Waals surface area contributed by atoms with Gasteiger partial charge in [0.2, 0.25) is 0 Å². The molecule has 2 nitrogen and oxygen atoms in total. The predicted molar refractivity (Wildman–Crippen MR) is 115 cm³/mol. The molecule has 5 heteroatoms. The molecule has 0 aromatic heterocycles. The monoisotopic (exact) mass is 417 g/mol. The molecule has 0 atom stereocenters. The SMILES string of the molecule is Cc1ccc(N=Cc2cc(Cl)c(OCc3cccc(Cl)c3)c(Cl)c2)c(C)c1. The van der Waals surface area contributed by atoms with Gasteiger partial charge in [-0.2, -0.15) is 0 Å². The highest BCUT2D eigenvalue weighted by molar-refractivity contribution is 6.37. The van der Waals surface area contributed by atoms with Gasteiger partial charge in [0.1, 0.15) is 6.61 Å². The number of aryl methyl sites for hydroxylation is 2. The van der Waals surface area contributed by atoms with E-state index in [4.69, 9.17) is 39.5 Å². The summed E-state index contributed by atoms with van der Waals surface area (Å²) < 4.78 is 5.79. The van der Waals surface area contributed by atoms with E-state index >= 15 is 0 Å². The number of hydrogen-bond acceptors (Lipinski definition) is 2. The van der Waals surface area contributed by atoms with E-state index in [0.717, 1.165) is 22.4 Å². The molecule has 138 valence electrons. The molecular weight excluding hydrogens is 401 g/mol. The van der Waals surface area contributed by atoms with Crippen LogP contribution in [0.4, 0.5) is 5.69 Å². The summed E-state index contributed by atoms with van der Waals surface area (Å²) in [5.74, 6) is 0.446. The average molecular weight is 419 g/mol. The largest absolute Gasteiger partial charge is 0.486 e. The minimum atomic E-state index is 0.329. The lowest BCUT2D eigenvalue weighted by Crippen LogP contribution is -1.97. The van der Waals surface area contributed by atoms with Crippen molar-refractivity contribution in [3.8, 4) is 5.75 Å². The molecule has 0 aliphatic carbocycles. The van der Waals surface area contributed by atoms with Gasteiger partial charge in [-0.15, -0.1) is 0 Å². The Bertz CT molecular complexity index is 976. The van der Waals surface area contributed by atoms with Gasteiger partial charge in [-0.25, -0.2) is 0 Å². The van der Waals surface area contributed by atoms with Crippen LogP contribution in [0.1, 0.15) is 22.3 Å². The quantitative estimate of drug-likeness (QED) is 0.391. The first-order chi connectivity index (χ1) is 12.9. The lowest BCUT2D eigenvalue weighted by atomic mass is 10.1. The Balaban J connectivity index is 1.77.